The molecule has 0 aromatic heterocycles. The molecule has 0 rings (SSSR count). The number of unbranched alkanes of at least 4 members (excludes halogenated alkanes) is 12. The molecular weight excluding hydrogens is 380 g/mol. The zero-order chi connectivity index (χ0) is 21.6. The predicted molar refractivity (Wildman–Crippen MR) is 129 cm³/mol. The molecule has 3 heteroatoms. The summed E-state index contributed by atoms with van der Waals surface area (Å²) in [5.74, 6) is 0.152. The third-order valence-electron chi connectivity index (χ3n) is 5.33. The molecule has 0 amide bonds. The highest BCUT2D eigenvalue weighted by atomic mass is 35.5. The summed E-state index contributed by atoms with van der Waals surface area (Å²) >= 11 is 6.27. The molecule has 0 aliphatic carbocycles. The molecule has 2 nitrogen and oxygen atoms in total. The van der Waals surface area contributed by atoms with Crippen LogP contribution in [0.3, 0.4) is 0 Å². The molecule has 0 heterocycles. The molecule has 0 atom stereocenters. The standard InChI is InChI=1S/C26H47ClO2/c1-24(2)20-16-12-9-7-5-3-4-6-8-10-13-17-21-25(27)22-18-14-11-15-19-23-26(28)29/h11,14,21,24H,3-10,12-13,15-20,22-23H2,1-2H3,(H,28,29)/b14-11-,25-21-. The zero-order valence-electron chi connectivity index (χ0n) is 19.3. The number of aliphatic carboxylic acids is 1. The van der Waals surface area contributed by atoms with Crippen molar-refractivity contribution in [1.82, 2.24) is 0 Å². The Kier molecular flexibility index (Phi) is 21.4. The van der Waals surface area contributed by atoms with E-state index in [2.05, 4.69) is 32.1 Å². The average Bonchev–Trinajstić information content (AvgIpc) is 2.67. The van der Waals surface area contributed by atoms with Crippen LogP contribution in [0.4, 0.5) is 0 Å². The van der Waals surface area contributed by atoms with E-state index in [1.807, 2.05) is 0 Å². The van der Waals surface area contributed by atoms with E-state index in [1.165, 1.54) is 77.0 Å². The van der Waals surface area contributed by atoms with Gasteiger partial charge in [-0.2, -0.15) is 0 Å². The maximum absolute atomic E-state index is 10.4. The molecule has 0 aromatic carbocycles. The van der Waals surface area contributed by atoms with E-state index in [1.54, 1.807) is 0 Å². The van der Waals surface area contributed by atoms with Crippen LogP contribution < -0.4 is 0 Å². The minimum absolute atomic E-state index is 0.254. The lowest BCUT2D eigenvalue weighted by Gasteiger charge is -2.04. The number of carboxylic acid groups (broad SMARTS) is 1. The number of rotatable bonds is 21. The van der Waals surface area contributed by atoms with Gasteiger partial charge in [0.05, 0.1) is 0 Å². The Hall–Kier alpha value is -0.760. The van der Waals surface area contributed by atoms with E-state index in [4.69, 9.17) is 16.7 Å². The monoisotopic (exact) mass is 426 g/mol. The maximum atomic E-state index is 10.4. The molecule has 29 heavy (non-hydrogen) atoms. The molecule has 0 aliphatic rings. The van der Waals surface area contributed by atoms with Gasteiger partial charge in [-0.25, -0.2) is 0 Å². The van der Waals surface area contributed by atoms with Gasteiger partial charge < -0.3 is 5.11 Å². The zero-order valence-corrected chi connectivity index (χ0v) is 20.0. The fourth-order valence-electron chi connectivity index (χ4n) is 3.48. The molecule has 0 saturated carbocycles. The van der Waals surface area contributed by atoms with Gasteiger partial charge in [-0.05, 0) is 44.4 Å². The Labute approximate surface area is 186 Å². The van der Waals surface area contributed by atoms with Crippen LogP contribution in [0.5, 0.6) is 0 Å². The largest absolute Gasteiger partial charge is 0.481 e. The number of carbonyl (C=O) groups is 1. The van der Waals surface area contributed by atoms with Crippen LogP contribution in [0, 0.1) is 5.92 Å². The van der Waals surface area contributed by atoms with E-state index in [0.717, 1.165) is 36.6 Å². The van der Waals surface area contributed by atoms with Crippen molar-refractivity contribution in [2.24, 2.45) is 5.92 Å². The summed E-state index contributed by atoms with van der Waals surface area (Å²) < 4.78 is 0. The average molecular weight is 427 g/mol. The first-order valence-electron chi connectivity index (χ1n) is 12.2. The highest BCUT2D eigenvalue weighted by molar-refractivity contribution is 6.29. The number of hydrogen-bond acceptors (Lipinski definition) is 1. The van der Waals surface area contributed by atoms with Crippen LogP contribution in [0.1, 0.15) is 129 Å². The number of halogens is 1. The summed E-state index contributed by atoms with van der Waals surface area (Å²) in [5, 5.41) is 9.54. The minimum atomic E-state index is -0.715. The van der Waals surface area contributed by atoms with Crippen molar-refractivity contribution >= 4 is 17.6 Å². The fraction of sp³-hybridized carbons (Fsp3) is 0.808. The Bertz CT molecular complexity index is 426. The van der Waals surface area contributed by atoms with Crippen molar-refractivity contribution in [2.45, 2.75) is 129 Å². The van der Waals surface area contributed by atoms with Crippen molar-refractivity contribution in [3.8, 4) is 0 Å². The second-order valence-corrected chi connectivity index (χ2v) is 9.29. The second-order valence-electron chi connectivity index (χ2n) is 8.81. The van der Waals surface area contributed by atoms with E-state index in [0.29, 0.717) is 6.42 Å². The lowest BCUT2D eigenvalue weighted by atomic mass is 10.0. The van der Waals surface area contributed by atoms with Crippen molar-refractivity contribution in [3.63, 3.8) is 0 Å². The fourth-order valence-corrected chi connectivity index (χ4v) is 3.69. The molecule has 1 N–H and O–H groups in total. The van der Waals surface area contributed by atoms with Crippen LogP contribution in [-0.4, -0.2) is 11.1 Å². The summed E-state index contributed by atoms with van der Waals surface area (Å²) in [6.45, 7) is 4.64. The summed E-state index contributed by atoms with van der Waals surface area (Å²) in [6, 6.07) is 0. The normalized spacial score (nSPS) is 12.3. The molecule has 0 unspecified atom stereocenters. The van der Waals surface area contributed by atoms with Crippen molar-refractivity contribution < 1.29 is 9.90 Å². The van der Waals surface area contributed by atoms with E-state index in [-0.39, 0.29) is 6.42 Å². The molecule has 0 aliphatic heterocycles. The molecule has 0 saturated heterocycles. The van der Waals surface area contributed by atoms with Gasteiger partial charge in [-0.3, -0.25) is 4.79 Å². The topological polar surface area (TPSA) is 37.3 Å². The first-order valence-corrected chi connectivity index (χ1v) is 12.6. The quantitative estimate of drug-likeness (QED) is 0.146. The highest BCUT2D eigenvalue weighted by Crippen LogP contribution is 2.16. The first-order chi connectivity index (χ1) is 14.0. The summed E-state index contributed by atoms with van der Waals surface area (Å²) in [6.07, 6.45) is 27.8. The first kappa shape index (κ1) is 28.2. The third kappa shape index (κ3) is 25.2. The lowest BCUT2D eigenvalue weighted by molar-refractivity contribution is -0.137. The molecule has 0 bridgehead atoms. The van der Waals surface area contributed by atoms with Crippen molar-refractivity contribution in [2.75, 3.05) is 0 Å². The van der Waals surface area contributed by atoms with Gasteiger partial charge in [0.25, 0.3) is 0 Å². The van der Waals surface area contributed by atoms with Crippen LogP contribution in [0.2, 0.25) is 0 Å². The van der Waals surface area contributed by atoms with Gasteiger partial charge >= 0.3 is 5.97 Å². The van der Waals surface area contributed by atoms with Gasteiger partial charge in [0.15, 0.2) is 0 Å². The highest BCUT2D eigenvalue weighted by Gasteiger charge is 1.97. The van der Waals surface area contributed by atoms with Gasteiger partial charge in [0.1, 0.15) is 0 Å². The Morgan fingerprint density at radius 3 is 1.79 bits per heavy atom. The molecule has 0 fully saturated rings. The molecule has 0 spiro atoms. The Balaban J connectivity index is 3.31. The van der Waals surface area contributed by atoms with E-state index in [9.17, 15) is 4.79 Å². The van der Waals surface area contributed by atoms with Crippen molar-refractivity contribution in [1.29, 1.82) is 0 Å². The number of hydrogen-bond donors (Lipinski definition) is 1. The van der Waals surface area contributed by atoms with E-state index < -0.39 is 5.97 Å². The van der Waals surface area contributed by atoms with E-state index >= 15 is 0 Å². The van der Waals surface area contributed by atoms with Crippen molar-refractivity contribution in [3.05, 3.63) is 23.3 Å². The number of carboxylic acids is 1. The minimum Gasteiger partial charge on any atom is -0.481 e. The maximum Gasteiger partial charge on any atom is 0.303 e. The molecule has 0 aromatic rings. The third-order valence-corrected chi connectivity index (χ3v) is 5.67. The van der Waals surface area contributed by atoms with Gasteiger partial charge in [-0.15, -0.1) is 0 Å². The predicted octanol–water partition coefficient (Wildman–Crippen LogP) is 9.43. The Morgan fingerprint density at radius 1 is 0.724 bits per heavy atom. The number of allylic oxidation sites excluding steroid dienone is 4. The smallest absolute Gasteiger partial charge is 0.303 e. The van der Waals surface area contributed by atoms with Crippen LogP contribution in [-0.2, 0) is 4.79 Å². The molecule has 170 valence electrons. The van der Waals surface area contributed by atoms with Gasteiger partial charge in [0.2, 0.25) is 0 Å². The summed E-state index contributed by atoms with van der Waals surface area (Å²) in [7, 11) is 0. The SMILES string of the molecule is CC(C)CCCCCCCCCCCCC/C=C(\Cl)CC/C=C\CCCC(=O)O. The lowest BCUT2D eigenvalue weighted by Crippen LogP contribution is -1.92. The van der Waals surface area contributed by atoms with Gasteiger partial charge in [0, 0.05) is 11.5 Å². The van der Waals surface area contributed by atoms with Crippen LogP contribution >= 0.6 is 11.6 Å². The van der Waals surface area contributed by atoms with Crippen LogP contribution in [0.25, 0.3) is 0 Å². The summed E-state index contributed by atoms with van der Waals surface area (Å²) in [5.41, 5.74) is 0. The second kappa shape index (κ2) is 21.9. The summed E-state index contributed by atoms with van der Waals surface area (Å²) in [4.78, 5) is 10.4. The molecule has 0 radical (unpaired) electrons. The Morgan fingerprint density at radius 2 is 1.24 bits per heavy atom. The molecular formula is C26H47ClO2. The van der Waals surface area contributed by atoms with Crippen LogP contribution in [0.15, 0.2) is 23.3 Å². The van der Waals surface area contributed by atoms with Gasteiger partial charge in [-0.1, -0.05) is 114 Å².